The normalized spacial score (nSPS) is 10.2. The van der Waals surface area contributed by atoms with Crippen molar-refractivity contribution in [2.45, 2.75) is 19.6 Å². The summed E-state index contributed by atoms with van der Waals surface area (Å²) in [5, 5.41) is 0. The fraction of sp³-hybridized carbons (Fsp3) is 0.235. The van der Waals surface area contributed by atoms with Crippen LogP contribution in [-0.2, 0) is 29.1 Å². The minimum Gasteiger partial charge on any atom is -0.497 e. The van der Waals surface area contributed by atoms with Crippen LogP contribution in [0.15, 0.2) is 48.5 Å². The number of esters is 1. The SMILES string of the molecule is COc1ccc(COC(=O)Cc2ccccc2CN)cc1. The van der Waals surface area contributed by atoms with Crippen LogP contribution in [0.25, 0.3) is 0 Å². The van der Waals surface area contributed by atoms with Crippen LogP contribution in [0.4, 0.5) is 0 Å². The second-order valence-corrected chi connectivity index (χ2v) is 4.66. The van der Waals surface area contributed by atoms with E-state index >= 15 is 0 Å². The van der Waals surface area contributed by atoms with Crippen molar-refractivity contribution >= 4 is 5.97 Å². The van der Waals surface area contributed by atoms with Crippen molar-refractivity contribution < 1.29 is 14.3 Å². The van der Waals surface area contributed by atoms with E-state index in [1.165, 1.54) is 0 Å². The molecule has 0 saturated carbocycles. The zero-order valence-corrected chi connectivity index (χ0v) is 12.0. The molecule has 0 bridgehead atoms. The molecule has 0 saturated heterocycles. The molecule has 2 aromatic rings. The molecule has 0 heterocycles. The predicted octanol–water partition coefficient (Wildman–Crippen LogP) is 2.44. The van der Waals surface area contributed by atoms with E-state index in [4.69, 9.17) is 15.2 Å². The van der Waals surface area contributed by atoms with E-state index in [-0.39, 0.29) is 19.0 Å². The summed E-state index contributed by atoms with van der Waals surface area (Å²) < 4.78 is 10.4. The van der Waals surface area contributed by atoms with Crippen molar-refractivity contribution in [3.63, 3.8) is 0 Å². The highest BCUT2D eigenvalue weighted by Crippen LogP contribution is 2.13. The highest BCUT2D eigenvalue weighted by molar-refractivity contribution is 5.73. The van der Waals surface area contributed by atoms with Gasteiger partial charge < -0.3 is 15.2 Å². The minimum atomic E-state index is -0.258. The third-order valence-corrected chi connectivity index (χ3v) is 3.23. The van der Waals surface area contributed by atoms with Gasteiger partial charge in [-0.05, 0) is 28.8 Å². The van der Waals surface area contributed by atoms with Crippen LogP contribution in [0.1, 0.15) is 16.7 Å². The highest BCUT2D eigenvalue weighted by atomic mass is 16.5. The Labute approximate surface area is 124 Å². The van der Waals surface area contributed by atoms with Crippen LogP contribution in [0.2, 0.25) is 0 Å². The number of nitrogens with two attached hydrogens (primary N) is 1. The summed E-state index contributed by atoms with van der Waals surface area (Å²) in [5.74, 6) is 0.522. The van der Waals surface area contributed by atoms with Gasteiger partial charge in [-0.2, -0.15) is 0 Å². The van der Waals surface area contributed by atoms with Gasteiger partial charge in [-0.3, -0.25) is 4.79 Å². The minimum absolute atomic E-state index is 0.240. The molecule has 0 atom stereocenters. The summed E-state index contributed by atoms with van der Waals surface area (Å²) in [4.78, 5) is 11.9. The average Bonchev–Trinajstić information content (AvgIpc) is 2.54. The lowest BCUT2D eigenvalue weighted by Gasteiger charge is -2.08. The fourth-order valence-corrected chi connectivity index (χ4v) is 2.02. The number of carbonyl (C=O) groups excluding carboxylic acids is 1. The smallest absolute Gasteiger partial charge is 0.310 e. The van der Waals surface area contributed by atoms with Crippen molar-refractivity contribution in [1.82, 2.24) is 0 Å². The Balaban J connectivity index is 1.89. The summed E-state index contributed by atoms with van der Waals surface area (Å²) in [7, 11) is 1.62. The number of carbonyl (C=O) groups is 1. The maximum Gasteiger partial charge on any atom is 0.310 e. The van der Waals surface area contributed by atoms with Crippen molar-refractivity contribution in [2.24, 2.45) is 5.73 Å². The summed E-state index contributed by atoms with van der Waals surface area (Å²) in [6.45, 7) is 0.676. The number of hydrogen-bond donors (Lipinski definition) is 1. The first kappa shape index (κ1) is 15.1. The van der Waals surface area contributed by atoms with Gasteiger partial charge in [0, 0.05) is 6.54 Å². The quantitative estimate of drug-likeness (QED) is 0.828. The Kier molecular flexibility index (Phi) is 5.35. The van der Waals surface area contributed by atoms with E-state index < -0.39 is 0 Å². The molecule has 0 aliphatic rings. The molecule has 2 N–H and O–H groups in total. The van der Waals surface area contributed by atoms with Crippen LogP contribution in [-0.4, -0.2) is 13.1 Å². The summed E-state index contributed by atoms with van der Waals surface area (Å²) in [6.07, 6.45) is 0.240. The van der Waals surface area contributed by atoms with Gasteiger partial charge in [0.2, 0.25) is 0 Å². The summed E-state index contributed by atoms with van der Waals surface area (Å²) in [6, 6.07) is 15.1. The van der Waals surface area contributed by atoms with Crippen molar-refractivity contribution in [3.05, 3.63) is 65.2 Å². The zero-order valence-electron chi connectivity index (χ0n) is 12.0. The van der Waals surface area contributed by atoms with Gasteiger partial charge in [0.05, 0.1) is 13.5 Å². The molecule has 21 heavy (non-hydrogen) atoms. The Hall–Kier alpha value is -2.33. The van der Waals surface area contributed by atoms with Crippen molar-refractivity contribution in [2.75, 3.05) is 7.11 Å². The van der Waals surface area contributed by atoms with Gasteiger partial charge >= 0.3 is 5.97 Å². The Morgan fingerprint density at radius 2 is 1.71 bits per heavy atom. The molecule has 4 heteroatoms. The van der Waals surface area contributed by atoms with Crippen LogP contribution in [0.5, 0.6) is 5.75 Å². The first-order valence-corrected chi connectivity index (χ1v) is 6.78. The van der Waals surface area contributed by atoms with E-state index in [0.717, 1.165) is 22.4 Å². The van der Waals surface area contributed by atoms with Gasteiger partial charge in [-0.1, -0.05) is 36.4 Å². The number of benzene rings is 2. The lowest BCUT2D eigenvalue weighted by Crippen LogP contribution is -2.11. The number of ether oxygens (including phenoxy) is 2. The van der Waals surface area contributed by atoms with Gasteiger partial charge in [0.1, 0.15) is 12.4 Å². The van der Waals surface area contributed by atoms with E-state index in [1.807, 2.05) is 48.5 Å². The van der Waals surface area contributed by atoms with Gasteiger partial charge in [0.15, 0.2) is 0 Å². The van der Waals surface area contributed by atoms with E-state index in [9.17, 15) is 4.79 Å². The van der Waals surface area contributed by atoms with E-state index in [2.05, 4.69) is 0 Å². The average molecular weight is 285 g/mol. The fourth-order valence-electron chi connectivity index (χ4n) is 2.02. The van der Waals surface area contributed by atoms with E-state index in [1.54, 1.807) is 7.11 Å². The molecule has 2 rings (SSSR count). The van der Waals surface area contributed by atoms with Crippen molar-refractivity contribution in [3.8, 4) is 5.75 Å². The second-order valence-electron chi connectivity index (χ2n) is 4.66. The molecular formula is C17H19NO3. The standard InChI is InChI=1S/C17H19NO3/c1-20-16-8-6-13(7-9-16)12-21-17(19)10-14-4-2-3-5-15(14)11-18/h2-9H,10-12,18H2,1H3. The summed E-state index contributed by atoms with van der Waals surface area (Å²) >= 11 is 0. The van der Waals surface area contributed by atoms with Crippen LogP contribution in [0, 0.1) is 0 Å². The molecule has 0 unspecified atom stereocenters. The van der Waals surface area contributed by atoms with Crippen LogP contribution >= 0.6 is 0 Å². The monoisotopic (exact) mass is 285 g/mol. The lowest BCUT2D eigenvalue weighted by molar-refractivity contribution is -0.144. The molecule has 0 aromatic heterocycles. The topological polar surface area (TPSA) is 61.5 Å². The zero-order chi connectivity index (χ0) is 15.1. The van der Waals surface area contributed by atoms with Crippen LogP contribution in [0.3, 0.4) is 0 Å². The molecule has 110 valence electrons. The second kappa shape index (κ2) is 7.45. The van der Waals surface area contributed by atoms with E-state index in [0.29, 0.717) is 6.54 Å². The third-order valence-electron chi connectivity index (χ3n) is 3.23. The van der Waals surface area contributed by atoms with Crippen LogP contribution < -0.4 is 10.5 Å². The molecule has 0 radical (unpaired) electrons. The van der Waals surface area contributed by atoms with Gasteiger partial charge in [0.25, 0.3) is 0 Å². The molecule has 2 aromatic carbocycles. The first-order chi connectivity index (χ1) is 10.2. The molecule has 4 nitrogen and oxygen atoms in total. The summed E-state index contributed by atoms with van der Waals surface area (Å²) in [5.41, 5.74) is 8.47. The first-order valence-electron chi connectivity index (χ1n) is 6.78. The number of rotatable bonds is 6. The molecule has 0 amide bonds. The largest absolute Gasteiger partial charge is 0.497 e. The lowest BCUT2D eigenvalue weighted by atomic mass is 10.1. The van der Waals surface area contributed by atoms with Crippen molar-refractivity contribution in [1.29, 1.82) is 0 Å². The number of methoxy groups -OCH3 is 1. The Morgan fingerprint density at radius 3 is 2.33 bits per heavy atom. The Bertz CT molecular complexity index is 593. The molecule has 0 aliphatic carbocycles. The Morgan fingerprint density at radius 1 is 1.05 bits per heavy atom. The van der Waals surface area contributed by atoms with Gasteiger partial charge in [-0.25, -0.2) is 0 Å². The number of hydrogen-bond acceptors (Lipinski definition) is 4. The molecule has 0 aliphatic heterocycles. The highest BCUT2D eigenvalue weighted by Gasteiger charge is 2.08. The maximum absolute atomic E-state index is 11.9. The van der Waals surface area contributed by atoms with Gasteiger partial charge in [-0.15, -0.1) is 0 Å². The maximum atomic E-state index is 11.9. The molecule has 0 spiro atoms. The molecule has 0 fully saturated rings. The molecular weight excluding hydrogens is 266 g/mol. The third kappa shape index (κ3) is 4.33. The predicted molar refractivity (Wildman–Crippen MR) is 80.8 cm³/mol.